The van der Waals surface area contributed by atoms with Crippen molar-refractivity contribution >= 4 is 0 Å². The smallest absolute Gasteiger partial charge is 0.0499 e. The van der Waals surface area contributed by atoms with Gasteiger partial charge in [0.1, 0.15) is 0 Å². The Morgan fingerprint density at radius 1 is 1.46 bits per heavy atom. The summed E-state index contributed by atoms with van der Waals surface area (Å²) in [5.74, 6) is 0. The van der Waals surface area contributed by atoms with Crippen molar-refractivity contribution in [3.63, 3.8) is 0 Å². The summed E-state index contributed by atoms with van der Waals surface area (Å²) < 4.78 is 0. The molecule has 0 spiro atoms. The maximum atomic E-state index is 3.87. The average molecular weight is 176 g/mol. The van der Waals surface area contributed by atoms with E-state index >= 15 is 0 Å². The zero-order valence-corrected chi connectivity index (χ0v) is 8.06. The Morgan fingerprint density at radius 2 is 2.23 bits per heavy atom. The van der Waals surface area contributed by atoms with E-state index in [1.165, 1.54) is 5.57 Å². The van der Waals surface area contributed by atoms with Crippen LogP contribution >= 0.6 is 0 Å². The molecule has 1 aliphatic carbocycles. The van der Waals surface area contributed by atoms with Crippen molar-refractivity contribution in [1.29, 1.82) is 0 Å². The second-order valence-corrected chi connectivity index (χ2v) is 3.02. The van der Waals surface area contributed by atoms with Crippen LogP contribution in [0.25, 0.3) is 0 Å². The fourth-order valence-corrected chi connectivity index (χ4v) is 1.10. The maximum absolute atomic E-state index is 3.87. The van der Waals surface area contributed by atoms with E-state index in [1.807, 2.05) is 7.05 Å². The lowest BCUT2D eigenvalue weighted by atomic mass is 10.2. The molecular weight excluding hydrogens is 160 g/mol. The Kier molecular flexibility index (Phi) is 3.38. The quantitative estimate of drug-likeness (QED) is 0.623. The van der Waals surface area contributed by atoms with E-state index in [9.17, 15) is 0 Å². The molecule has 0 aromatic carbocycles. The molecule has 0 saturated carbocycles. The van der Waals surface area contributed by atoms with Crippen LogP contribution in [-0.2, 0) is 0 Å². The van der Waals surface area contributed by atoms with Gasteiger partial charge in [0, 0.05) is 25.0 Å². The van der Waals surface area contributed by atoms with E-state index in [0.29, 0.717) is 0 Å². The van der Waals surface area contributed by atoms with Crippen LogP contribution < -0.4 is 10.6 Å². The predicted octanol–water partition coefficient (Wildman–Crippen LogP) is 1.71. The van der Waals surface area contributed by atoms with Gasteiger partial charge in [-0.1, -0.05) is 31.4 Å². The Balaban J connectivity index is 2.26. The minimum Gasteiger partial charge on any atom is -0.387 e. The molecule has 0 heterocycles. The highest BCUT2D eigenvalue weighted by molar-refractivity contribution is 5.27. The molecule has 1 aliphatic rings. The summed E-state index contributed by atoms with van der Waals surface area (Å²) in [5.41, 5.74) is 3.08. The summed E-state index contributed by atoms with van der Waals surface area (Å²) in [6.45, 7) is 8.53. The minimum absolute atomic E-state index is 0.839. The Labute approximate surface area is 79.7 Å². The topological polar surface area (TPSA) is 24.1 Å². The second-order valence-electron chi connectivity index (χ2n) is 3.02. The molecule has 0 unspecified atom stereocenters. The van der Waals surface area contributed by atoms with Gasteiger partial charge in [-0.3, -0.25) is 0 Å². The lowest BCUT2D eigenvalue weighted by molar-refractivity contribution is 0.836. The highest BCUT2D eigenvalue weighted by Crippen LogP contribution is 2.09. The highest BCUT2D eigenvalue weighted by Gasteiger charge is 2.00. The molecule has 0 radical (unpaired) electrons. The van der Waals surface area contributed by atoms with Crippen molar-refractivity contribution in [2.24, 2.45) is 0 Å². The van der Waals surface area contributed by atoms with Crippen molar-refractivity contribution in [2.75, 3.05) is 13.6 Å². The van der Waals surface area contributed by atoms with E-state index in [-0.39, 0.29) is 0 Å². The van der Waals surface area contributed by atoms with Gasteiger partial charge in [-0.15, -0.1) is 0 Å². The number of allylic oxidation sites excluding steroid dienone is 3. The van der Waals surface area contributed by atoms with Gasteiger partial charge < -0.3 is 10.6 Å². The fraction of sp³-hybridized carbons (Fsp3) is 0.273. The third-order valence-corrected chi connectivity index (χ3v) is 2.04. The van der Waals surface area contributed by atoms with Gasteiger partial charge in [-0.05, 0) is 12.0 Å². The van der Waals surface area contributed by atoms with Crippen LogP contribution in [0.2, 0.25) is 0 Å². The molecule has 0 amide bonds. The molecule has 0 saturated heterocycles. The third-order valence-electron chi connectivity index (χ3n) is 2.04. The number of hydrogen-bond acceptors (Lipinski definition) is 2. The molecule has 13 heavy (non-hydrogen) atoms. The van der Waals surface area contributed by atoms with E-state index in [1.54, 1.807) is 0 Å². The summed E-state index contributed by atoms with van der Waals surface area (Å²) in [7, 11) is 1.84. The van der Waals surface area contributed by atoms with Crippen LogP contribution in [0.5, 0.6) is 0 Å². The zero-order chi connectivity index (χ0) is 9.68. The Morgan fingerprint density at radius 3 is 2.77 bits per heavy atom. The lowest BCUT2D eigenvalue weighted by Gasteiger charge is -2.11. The van der Waals surface area contributed by atoms with Gasteiger partial charge in [0.2, 0.25) is 0 Å². The van der Waals surface area contributed by atoms with Crippen molar-refractivity contribution in [3.8, 4) is 0 Å². The molecule has 2 N–H and O–H groups in total. The van der Waals surface area contributed by atoms with Gasteiger partial charge in [-0.2, -0.15) is 0 Å². The third kappa shape index (κ3) is 2.82. The molecule has 70 valence electrons. The molecule has 0 atom stereocenters. The van der Waals surface area contributed by atoms with Crippen molar-refractivity contribution in [1.82, 2.24) is 10.6 Å². The van der Waals surface area contributed by atoms with Gasteiger partial charge in [-0.25, -0.2) is 0 Å². The van der Waals surface area contributed by atoms with Crippen molar-refractivity contribution in [3.05, 3.63) is 48.4 Å². The summed E-state index contributed by atoms with van der Waals surface area (Å²) in [5, 5.41) is 6.16. The van der Waals surface area contributed by atoms with Gasteiger partial charge in [0.05, 0.1) is 0 Å². The maximum Gasteiger partial charge on any atom is 0.0499 e. The van der Waals surface area contributed by atoms with E-state index in [4.69, 9.17) is 0 Å². The molecule has 1 rings (SSSR count). The number of hydrogen-bond donors (Lipinski definition) is 2. The standard InChI is InChI=1S/C11H16N2/c1-9(12-3)10(2)13-8-11-6-4-5-7-11/h4-6,12-13H,1-2,7-8H2,3H3. The van der Waals surface area contributed by atoms with E-state index in [0.717, 1.165) is 24.4 Å². The van der Waals surface area contributed by atoms with Crippen LogP contribution in [0.3, 0.4) is 0 Å². The van der Waals surface area contributed by atoms with Crippen molar-refractivity contribution < 1.29 is 0 Å². The van der Waals surface area contributed by atoms with Crippen LogP contribution in [0.1, 0.15) is 6.42 Å². The first kappa shape index (κ1) is 9.65. The number of nitrogens with one attached hydrogen (secondary N) is 2. The van der Waals surface area contributed by atoms with Crippen molar-refractivity contribution in [2.45, 2.75) is 6.42 Å². The van der Waals surface area contributed by atoms with Crippen LogP contribution in [0, 0.1) is 0 Å². The lowest BCUT2D eigenvalue weighted by Crippen LogP contribution is -2.21. The first-order valence-electron chi connectivity index (χ1n) is 4.38. The first-order chi connectivity index (χ1) is 6.24. The zero-order valence-electron chi connectivity index (χ0n) is 8.06. The Hall–Kier alpha value is -1.44. The van der Waals surface area contributed by atoms with Gasteiger partial charge in [0.25, 0.3) is 0 Å². The largest absolute Gasteiger partial charge is 0.387 e. The van der Waals surface area contributed by atoms with Crippen LogP contribution in [-0.4, -0.2) is 13.6 Å². The summed E-state index contributed by atoms with van der Waals surface area (Å²) in [6, 6.07) is 0. The first-order valence-corrected chi connectivity index (χ1v) is 4.38. The highest BCUT2D eigenvalue weighted by atomic mass is 15.0. The average Bonchev–Trinajstić information content (AvgIpc) is 2.65. The fourth-order valence-electron chi connectivity index (χ4n) is 1.10. The summed E-state index contributed by atoms with van der Waals surface area (Å²) in [4.78, 5) is 0. The molecular formula is C11H16N2. The number of likely N-dealkylation sites (N-methyl/N-ethyl adjacent to an activating group) is 1. The predicted molar refractivity (Wildman–Crippen MR) is 57.2 cm³/mol. The summed E-state index contributed by atoms with van der Waals surface area (Å²) in [6.07, 6.45) is 7.40. The molecule has 2 heteroatoms. The summed E-state index contributed by atoms with van der Waals surface area (Å²) >= 11 is 0. The number of rotatable bonds is 5. The molecule has 2 nitrogen and oxygen atoms in total. The van der Waals surface area contributed by atoms with E-state index in [2.05, 4.69) is 42.0 Å². The second kappa shape index (κ2) is 4.55. The minimum atomic E-state index is 0.839. The molecule has 0 aliphatic heterocycles. The molecule has 0 bridgehead atoms. The molecule has 0 aromatic heterocycles. The Bertz CT molecular complexity index is 272. The monoisotopic (exact) mass is 176 g/mol. The van der Waals surface area contributed by atoms with Gasteiger partial charge >= 0.3 is 0 Å². The SMILES string of the molecule is C=C(NC)C(=C)NCC1=CC=CC1. The van der Waals surface area contributed by atoms with Gasteiger partial charge in [0.15, 0.2) is 0 Å². The molecule has 0 aromatic rings. The van der Waals surface area contributed by atoms with Crippen LogP contribution in [0.15, 0.2) is 48.4 Å². The van der Waals surface area contributed by atoms with Crippen LogP contribution in [0.4, 0.5) is 0 Å². The normalized spacial score (nSPS) is 13.8. The van der Waals surface area contributed by atoms with E-state index < -0.39 is 0 Å². The molecule has 0 fully saturated rings.